The van der Waals surface area contributed by atoms with E-state index in [1.165, 1.54) is 50.8 Å². The van der Waals surface area contributed by atoms with E-state index in [0.717, 1.165) is 12.1 Å². The van der Waals surface area contributed by atoms with Crippen LogP contribution in [0.1, 0.15) is 34.8 Å². The maximum atomic E-state index is 14.4. The maximum absolute atomic E-state index is 14.4. The minimum atomic E-state index is -3.77. The van der Waals surface area contributed by atoms with E-state index in [2.05, 4.69) is 50.0 Å². The number of rotatable bonds is 12. The minimum absolute atomic E-state index is 0.00177. The largest absolute Gasteiger partial charge is 0.377 e. The fraction of sp³-hybridized carbons (Fsp3) is 0.300. The van der Waals surface area contributed by atoms with Crippen molar-refractivity contribution in [1.29, 1.82) is 0 Å². The molecule has 2 fully saturated rings. The number of likely N-dealkylation sites (tertiary alicyclic amines) is 2. The number of amides is 2. The Morgan fingerprint density at radius 2 is 1.02 bits per heavy atom. The third-order valence-corrected chi connectivity index (χ3v) is 13.6. The second-order valence-electron chi connectivity index (χ2n) is 14.5. The number of fused-ring (bicyclic) bond motifs is 2. The molecule has 2 aromatic carbocycles. The zero-order valence-corrected chi connectivity index (χ0v) is 36.7. The van der Waals surface area contributed by atoms with Crippen LogP contribution in [-0.2, 0) is 29.5 Å². The van der Waals surface area contributed by atoms with Gasteiger partial charge in [-0.2, -0.15) is 9.97 Å². The zero-order valence-electron chi connectivity index (χ0n) is 35.1. The summed E-state index contributed by atoms with van der Waals surface area (Å²) in [6, 6.07) is 13.3. The topological polar surface area (TPSA) is 253 Å². The number of ether oxygens (including phenoxy) is 2. The van der Waals surface area contributed by atoms with Gasteiger partial charge in [0.15, 0.2) is 11.3 Å². The van der Waals surface area contributed by atoms with Gasteiger partial charge in [-0.25, -0.2) is 55.0 Å². The van der Waals surface area contributed by atoms with E-state index in [1.54, 1.807) is 48.3 Å². The Morgan fingerprint density at radius 1 is 0.625 bits per heavy atom. The Labute approximate surface area is 366 Å². The van der Waals surface area contributed by atoms with Gasteiger partial charge in [-0.05, 0) is 88.6 Å². The number of nitrogens with zero attached hydrogens (tertiary/aromatic N) is 8. The van der Waals surface area contributed by atoms with Crippen LogP contribution in [0.4, 0.5) is 32.1 Å². The van der Waals surface area contributed by atoms with Crippen LogP contribution in [0.3, 0.4) is 0 Å². The SMILES string of the molecule is CNS(=O)(=O)c1ccc(Nc2ncc3ccc(C(=O)N4C[C@@H](OC)[C@@H]4C)nc3n2)c(F)c1.CNS(=O)(=O)c1ccc(Nc2ncc3ccc(C(=O)N4C[C@H](OC)[C@H]4C)nc3n2)c(F)c1. The lowest BCUT2D eigenvalue weighted by atomic mass is 10.0. The van der Waals surface area contributed by atoms with Gasteiger partial charge in [-0.15, -0.1) is 0 Å². The molecule has 4 atom stereocenters. The summed E-state index contributed by atoms with van der Waals surface area (Å²) in [5, 5.41) is 6.63. The molecule has 4 N–H and O–H groups in total. The first kappa shape index (κ1) is 45.6. The summed E-state index contributed by atoms with van der Waals surface area (Å²) in [6.45, 7) is 4.79. The molecule has 0 aliphatic carbocycles. The molecule has 8 rings (SSSR count). The Kier molecular flexibility index (Phi) is 13.1. The van der Waals surface area contributed by atoms with E-state index in [0.29, 0.717) is 23.9 Å². The first-order valence-corrected chi connectivity index (χ1v) is 22.4. The highest BCUT2D eigenvalue weighted by Gasteiger charge is 2.40. The van der Waals surface area contributed by atoms with E-state index in [9.17, 15) is 35.2 Å². The molecule has 0 radical (unpaired) electrons. The van der Waals surface area contributed by atoms with Crippen LogP contribution in [0, 0.1) is 11.6 Å². The number of hydrogen-bond donors (Lipinski definition) is 4. The highest BCUT2D eigenvalue weighted by molar-refractivity contribution is 7.89. The molecule has 0 spiro atoms. The molecular formula is C40H42F2N12O8S2. The number of methoxy groups -OCH3 is 2. The molecule has 0 bridgehead atoms. The normalized spacial score (nSPS) is 18.4. The van der Waals surface area contributed by atoms with Gasteiger partial charge in [-0.1, -0.05) is 0 Å². The number of aromatic nitrogens is 6. The molecule has 20 nitrogen and oxygen atoms in total. The van der Waals surface area contributed by atoms with Crippen molar-refractivity contribution in [2.24, 2.45) is 0 Å². The second-order valence-corrected chi connectivity index (χ2v) is 18.3. The third-order valence-electron chi connectivity index (χ3n) is 10.8. The highest BCUT2D eigenvalue weighted by atomic mass is 32.2. The number of anilines is 4. The van der Waals surface area contributed by atoms with Crippen molar-refractivity contribution in [3.8, 4) is 0 Å². The van der Waals surface area contributed by atoms with E-state index < -0.39 is 31.7 Å². The standard InChI is InChI=1S/2C20H21FN6O4S/c2*1-11-17(31-3)10-27(11)19(28)16-6-4-12-9-23-20(26-18(12)24-16)25-15-7-5-13(8-14(15)21)32(29,30)22-2/h2*4-9,11,17,22H,10H2,1-3H3,(H,23,24,25,26)/t2*11-,17+/m10/s1. The number of hydrogen-bond acceptors (Lipinski definition) is 16. The fourth-order valence-corrected chi connectivity index (χ4v) is 8.19. The van der Waals surface area contributed by atoms with Crippen molar-refractivity contribution in [3.05, 3.63) is 96.1 Å². The van der Waals surface area contributed by atoms with Crippen molar-refractivity contribution in [2.75, 3.05) is 52.0 Å². The van der Waals surface area contributed by atoms with Crippen LogP contribution in [0.5, 0.6) is 0 Å². The summed E-state index contributed by atoms with van der Waals surface area (Å²) in [6.07, 6.45) is 3.00. The van der Waals surface area contributed by atoms with Crippen LogP contribution in [0.25, 0.3) is 22.1 Å². The van der Waals surface area contributed by atoms with Gasteiger partial charge < -0.3 is 29.9 Å². The van der Waals surface area contributed by atoms with Gasteiger partial charge in [0.25, 0.3) is 11.8 Å². The molecule has 4 aromatic heterocycles. The summed E-state index contributed by atoms with van der Waals surface area (Å²) in [4.78, 5) is 53.9. The summed E-state index contributed by atoms with van der Waals surface area (Å²) < 4.78 is 91.0. The van der Waals surface area contributed by atoms with Crippen molar-refractivity contribution < 1.29 is 44.7 Å². The molecular weight excluding hydrogens is 879 g/mol. The molecule has 336 valence electrons. The minimum Gasteiger partial charge on any atom is -0.377 e. The molecule has 2 aliphatic rings. The van der Waals surface area contributed by atoms with E-state index >= 15 is 0 Å². The van der Waals surface area contributed by atoms with Gasteiger partial charge >= 0.3 is 0 Å². The van der Waals surface area contributed by atoms with Crippen LogP contribution >= 0.6 is 0 Å². The number of nitrogens with one attached hydrogen (secondary N) is 4. The van der Waals surface area contributed by atoms with Crippen molar-refractivity contribution in [2.45, 2.75) is 47.9 Å². The van der Waals surface area contributed by atoms with E-state index in [-0.39, 0.29) is 91.9 Å². The first-order chi connectivity index (χ1) is 30.5. The van der Waals surface area contributed by atoms with Crippen molar-refractivity contribution in [3.63, 3.8) is 0 Å². The quantitative estimate of drug-likeness (QED) is 0.137. The van der Waals surface area contributed by atoms with Gasteiger partial charge in [-0.3, -0.25) is 9.59 Å². The Balaban J connectivity index is 0.000000191. The lowest BCUT2D eigenvalue weighted by Crippen LogP contribution is -2.61. The molecule has 0 saturated carbocycles. The number of pyridine rings is 2. The molecule has 6 heterocycles. The maximum Gasteiger partial charge on any atom is 0.272 e. The van der Waals surface area contributed by atoms with Gasteiger partial charge in [0.2, 0.25) is 31.9 Å². The van der Waals surface area contributed by atoms with E-state index in [4.69, 9.17) is 9.47 Å². The molecule has 24 heteroatoms. The van der Waals surface area contributed by atoms with Crippen LogP contribution in [0.15, 0.2) is 82.8 Å². The molecule has 6 aromatic rings. The summed E-state index contributed by atoms with van der Waals surface area (Å²) in [5.74, 6) is -1.94. The average Bonchev–Trinajstić information content (AvgIpc) is 3.29. The number of benzene rings is 2. The first-order valence-electron chi connectivity index (χ1n) is 19.4. The molecule has 2 amide bonds. The van der Waals surface area contributed by atoms with Crippen LogP contribution in [-0.4, -0.2) is 134 Å². The lowest BCUT2D eigenvalue weighted by Gasteiger charge is -2.45. The Bertz CT molecular complexity index is 2810. The van der Waals surface area contributed by atoms with Crippen molar-refractivity contribution in [1.82, 2.24) is 49.1 Å². The van der Waals surface area contributed by atoms with E-state index in [1.807, 2.05) is 13.8 Å². The summed E-state index contributed by atoms with van der Waals surface area (Å²) >= 11 is 0. The molecule has 2 aliphatic heterocycles. The lowest BCUT2D eigenvalue weighted by molar-refractivity contribution is -0.0595. The molecule has 2 saturated heterocycles. The van der Waals surface area contributed by atoms with Gasteiger partial charge in [0.1, 0.15) is 23.0 Å². The number of sulfonamides is 2. The predicted octanol–water partition coefficient (Wildman–Crippen LogP) is 3.35. The molecule has 0 unspecified atom stereocenters. The Hall–Kier alpha value is -6.44. The van der Waals surface area contributed by atoms with Gasteiger partial charge in [0, 0.05) is 50.5 Å². The zero-order chi connectivity index (χ0) is 46.1. The second kappa shape index (κ2) is 18.3. The predicted molar refractivity (Wildman–Crippen MR) is 229 cm³/mol. The molecule has 64 heavy (non-hydrogen) atoms. The van der Waals surface area contributed by atoms with Gasteiger partial charge in [0.05, 0.1) is 45.5 Å². The smallest absolute Gasteiger partial charge is 0.272 e. The fourth-order valence-electron chi connectivity index (χ4n) is 6.71. The van der Waals surface area contributed by atoms with Crippen LogP contribution in [0.2, 0.25) is 0 Å². The summed E-state index contributed by atoms with van der Waals surface area (Å²) in [7, 11) is -1.83. The van der Waals surface area contributed by atoms with Crippen molar-refractivity contribution >= 4 is 77.2 Å². The Morgan fingerprint density at radius 3 is 1.34 bits per heavy atom. The average molecular weight is 921 g/mol. The number of carbonyl (C=O) groups is 2. The van der Waals surface area contributed by atoms with Crippen LogP contribution < -0.4 is 20.1 Å². The monoisotopic (exact) mass is 920 g/mol. The third kappa shape index (κ3) is 9.27. The number of carbonyl (C=O) groups excluding carboxylic acids is 2. The summed E-state index contributed by atoms with van der Waals surface area (Å²) in [5.41, 5.74) is 0.977. The number of halogens is 2. The highest BCUT2D eigenvalue weighted by Crippen LogP contribution is 2.27.